The number of hydrogen-bond donors (Lipinski definition) is 2. The van der Waals surface area contributed by atoms with Crippen LogP contribution in [0.25, 0.3) is 0 Å². The largest absolute Gasteiger partial charge is 0.431 e. The van der Waals surface area contributed by atoms with E-state index in [0.717, 1.165) is 37.9 Å². The lowest BCUT2D eigenvalue weighted by molar-refractivity contribution is -0.305. The third-order valence-corrected chi connectivity index (χ3v) is 12.5. The van der Waals surface area contributed by atoms with E-state index >= 15 is 0 Å². The molecule has 0 bridgehead atoms. The zero-order valence-corrected chi connectivity index (χ0v) is 23.1. The Kier molecular flexibility index (Phi) is 5.73. The predicted octanol–water partition coefficient (Wildman–Crippen LogP) is 6.12. The molecule has 0 radical (unpaired) electrons. The molecule has 2 saturated heterocycles. The van der Waals surface area contributed by atoms with Gasteiger partial charge in [0.15, 0.2) is 5.79 Å². The van der Waals surface area contributed by atoms with E-state index in [4.69, 9.17) is 9.47 Å². The lowest BCUT2D eigenvalue weighted by Crippen LogP contribution is -2.60. The summed E-state index contributed by atoms with van der Waals surface area (Å²) in [6.07, 6.45) is 11.6. The van der Waals surface area contributed by atoms with Gasteiger partial charge in [0, 0.05) is 18.8 Å². The number of aliphatic hydroxyl groups is 2. The number of rotatable bonds is 2. The molecule has 2 heterocycles. The lowest BCUT2D eigenvalue weighted by Gasteiger charge is -2.66. The van der Waals surface area contributed by atoms with Crippen molar-refractivity contribution in [3.8, 4) is 0 Å². The summed E-state index contributed by atoms with van der Waals surface area (Å²) in [6, 6.07) is 0. The van der Waals surface area contributed by atoms with Crippen molar-refractivity contribution < 1.29 is 24.5 Å². The molecular formula is C30H48O5. The van der Waals surface area contributed by atoms with Crippen LogP contribution < -0.4 is 0 Å². The molecule has 198 valence electrons. The number of hydrogen-bond acceptors (Lipinski definition) is 5. The molecule has 5 aliphatic rings. The quantitative estimate of drug-likeness (QED) is 0.458. The second-order valence-corrected chi connectivity index (χ2v) is 14.2. The van der Waals surface area contributed by atoms with E-state index in [1.54, 1.807) is 13.8 Å². The Morgan fingerprint density at radius 1 is 0.914 bits per heavy atom. The van der Waals surface area contributed by atoms with Gasteiger partial charge < -0.3 is 19.7 Å². The van der Waals surface area contributed by atoms with Crippen LogP contribution in [0.5, 0.6) is 0 Å². The van der Waals surface area contributed by atoms with Gasteiger partial charge in [-0.05, 0) is 119 Å². The predicted molar refractivity (Wildman–Crippen MR) is 135 cm³/mol. The van der Waals surface area contributed by atoms with Gasteiger partial charge >= 0.3 is 5.97 Å². The highest BCUT2D eigenvalue weighted by Crippen LogP contribution is 2.75. The first-order chi connectivity index (χ1) is 16.1. The zero-order chi connectivity index (χ0) is 25.7. The summed E-state index contributed by atoms with van der Waals surface area (Å²) >= 11 is 0. The molecule has 5 nitrogen and oxygen atoms in total. The first kappa shape index (κ1) is 25.7. The molecule has 0 amide bonds. The van der Waals surface area contributed by atoms with E-state index in [0.29, 0.717) is 36.5 Å². The average Bonchev–Trinajstić information content (AvgIpc) is 3.26. The van der Waals surface area contributed by atoms with Crippen molar-refractivity contribution in [3.63, 3.8) is 0 Å². The summed E-state index contributed by atoms with van der Waals surface area (Å²) in [6.45, 7) is 15.1. The Labute approximate surface area is 212 Å². The second kappa shape index (κ2) is 7.80. The number of carbonyl (C=O) groups is 1. The Hall–Kier alpha value is -0.910. The Morgan fingerprint density at radius 3 is 2.23 bits per heavy atom. The van der Waals surface area contributed by atoms with E-state index in [1.807, 2.05) is 13.0 Å². The van der Waals surface area contributed by atoms with Gasteiger partial charge in [-0.15, -0.1) is 0 Å². The molecule has 5 heteroatoms. The molecule has 5 rings (SSSR count). The van der Waals surface area contributed by atoms with Gasteiger partial charge in [-0.2, -0.15) is 0 Å². The molecule has 0 spiro atoms. The molecule has 9 atom stereocenters. The summed E-state index contributed by atoms with van der Waals surface area (Å²) < 4.78 is 12.3. The Bertz CT molecular complexity index is 920. The minimum absolute atomic E-state index is 0.0677. The van der Waals surface area contributed by atoms with Crippen LogP contribution in [-0.2, 0) is 14.3 Å². The zero-order valence-electron chi connectivity index (χ0n) is 23.1. The highest BCUT2D eigenvalue weighted by Gasteiger charge is 2.69. The number of allylic oxidation sites excluding steroid dienone is 2. The van der Waals surface area contributed by atoms with Gasteiger partial charge in [0.05, 0.1) is 5.60 Å². The normalized spacial score (nSPS) is 53.5. The molecule has 2 N–H and O–H groups in total. The second-order valence-electron chi connectivity index (χ2n) is 14.2. The third-order valence-electron chi connectivity index (χ3n) is 12.5. The average molecular weight is 489 g/mol. The fraction of sp³-hybridized carbons (Fsp3) is 0.900. The molecular weight excluding hydrogens is 440 g/mol. The monoisotopic (exact) mass is 488 g/mol. The summed E-state index contributed by atoms with van der Waals surface area (Å²) in [7, 11) is 0. The van der Waals surface area contributed by atoms with Gasteiger partial charge in [0.25, 0.3) is 0 Å². The van der Waals surface area contributed by atoms with Crippen LogP contribution in [-0.4, -0.2) is 33.2 Å². The molecule has 0 unspecified atom stereocenters. The van der Waals surface area contributed by atoms with Gasteiger partial charge in [-0.25, -0.2) is 0 Å². The van der Waals surface area contributed by atoms with Crippen LogP contribution in [0.1, 0.15) is 113 Å². The van der Waals surface area contributed by atoms with Gasteiger partial charge in [-0.1, -0.05) is 20.8 Å². The SMILES string of the molecule is C/C=C1\OC(=O)CC[C@]2(C)[C@H]3CC[C@@H]4[C@@H]([C@]5(C)CC[C@@](O)(C(C)(C)O)O5)CC[C@@]4(C)[C@]3(C)CC[C@@H]12. The number of esters is 1. The highest BCUT2D eigenvalue weighted by atomic mass is 16.7. The molecule has 0 aromatic heterocycles. The maximum Gasteiger partial charge on any atom is 0.310 e. The van der Waals surface area contributed by atoms with Crippen molar-refractivity contribution in [1.29, 1.82) is 0 Å². The van der Waals surface area contributed by atoms with Gasteiger partial charge in [-0.3, -0.25) is 4.79 Å². The molecule has 3 aliphatic carbocycles. The van der Waals surface area contributed by atoms with E-state index in [-0.39, 0.29) is 22.2 Å². The first-order valence-electron chi connectivity index (χ1n) is 14.2. The molecule has 3 saturated carbocycles. The highest BCUT2D eigenvalue weighted by molar-refractivity contribution is 5.71. The van der Waals surface area contributed by atoms with Crippen LogP contribution in [0.15, 0.2) is 11.8 Å². The van der Waals surface area contributed by atoms with Crippen molar-refractivity contribution in [2.45, 2.75) is 130 Å². The number of fused-ring (bicyclic) bond motifs is 5. The molecule has 2 aliphatic heterocycles. The van der Waals surface area contributed by atoms with E-state index in [2.05, 4.69) is 27.7 Å². The summed E-state index contributed by atoms with van der Waals surface area (Å²) in [5, 5.41) is 21.8. The van der Waals surface area contributed by atoms with Crippen LogP contribution in [0.3, 0.4) is 0 Å². The van der Waals surface area contributed by atoms with Crippen molar-refractivity contribution in [2.24, 2.45) is 39.9 Å². The van der Waals surface area contributed by atoms with Crippen LogP contribution >= 0.6 is 0 Å². The maximum atomic E-state index is 12.5. The van der Waals surface area contributed by atoms with Gasteiger partial charge in [0.1, 0.15) is 11.4 Å². The topological polar surface area (TPSA) is 76.0 Å². The van der Waals surface area contributed by atoms with Crippen molar-refractivity contribution in [2.75, 3.05) is 0 Å². The minimum atomic E-state index is -1.48. The summed E-state index contributed by atoms with van der Waals surface area (Å²) in [4.78, 5) is 12.5. The molecule has 0 aromatic carbocycles. The Morgan fingerprint density at radius 2 is 1.60 bits per heavy atom. The third kappa shape index (κ3) is 3.39. The standard InChI is InChI=1S/C30H48O5/c1-8-22-21-12-16-28(6)23(26(21,4)14-13-24(31)34-22)10-9-19-20(11-15-27(19,28)5)29(7)17-18-30(33,35-29)25(2,3)32/h8,19-21,23,32-33H,9-18H2,1-7H3/b22-8-/t19-,20+,21+,23-,26+,27-,28-,29+,30+/m1/s1. The fourth-order valence-electron chi connectivity index (χ4n) is 10.1. The smallest absolute Gasteiger partial charge is 0.310 e. The molecule has 0 aromatic rings. The Balaban J connectivity index is 1.46. The van der Waals surface area contributed by atoms with E-state index in [9.17, 15) is 15.0 Å². The van der Waals surface area contributed by atoms with Crippen molar-refractivity contribution in [3.05, 3.63) is 11.8 Å². The molecule has 35 heavy (non-hydrogen) atoms. The van der Waals surface area contributed by atoms with Gasteiger partial charge in [0.2, 0.25) is 0 Å². The lowest BCUT2D eigenvalue weighted by atomic mass is 9.38. The van der Waals surface area contributed by atoms with E-state index < -0.39 is 17.0 Å². The van der Waals surface area contributed by atoms with Crippen LogP contribution in [0, 0.1) is 39.9 Å². The summed E-state index contributed by atoms with van der Waals surface area (Å²) in [5.74, 6) is 1.17. The number of cyclic esters (lactones) is 1. The van der Waals surface area contributed by atoms with Crippen molar-refractivity contribution >= 4 is 5.97 Å². The number of ether oxygens (including phenoxy) is 2. The van der Waals surface area contributed by atoms with E-state index in [1.165, 1.54) is 19.3 Å². The fourth-order valence-corrected chi connectivity index (χ4v) is 10.1. The minimum Gasteiger partial charge on any atom is -0.431 e. The van der Waals surface area contributed by atoms with Crippen LogP contribution in [0.4, 0.5) is 0 Å². The van der Waals surface area contributed by atoms with Crippen molar-refractivity contribution in [1.82, 2.24) is 0 Å². The maximum absolute atomic E-state index is 12.5. The number of carbonyl (C=O) groups excluding carboxylic acids is 1. The summed E-state index contributed by atoms with van der Waals surface area (Å²) in [5.41, 5.74) is -1.23. The van der Waals surface area contributed by atoms with Crippen LogP contribution in [0.2, 0.25) is 0 Å². The molecule has 5 fully saturated rings. The first-order valence-corrected chi connectivity index (χ1v) is 14.2.